The summed E-state index contributed by atoms with van der Waals surface area (Å²) < 4.78 is 14.0. The predicted octanol–water partition coefficient (Wildman–Crippen LogP) is 7.60. The number of nitrogens with zero attached hydrogens (tertiary/aromatic N) is 3. The van der Waals surface area contributed by atoms with Crippen molar-refractivity contribution in [1.29, 1.82) is 5.26 Å². The van der Waals surface area contributed by atoms with Crippen LogP contribution in [0.4, 0.5) is 15.8 Å². The summed E-state index contributed by atoms with van der Waals surface area (Å²) in [5, 5.41) is 22.9. The van der Waals surface area contributed by atoms with Gasteiger partial charge in [-0.3, -0.25) is 19.8 Å². The summed E-state index contributed by atoms with van der Waals surface area (Å²) in [5.74, 6) is -0.976. The molecule has 0 saturated heterocycles. The largest absolute Gasteiger partial charge is 0.384 e. The molecule has 2 N–H and O–H groups in total. The topological polar surface area (TPSA) is 113 Å². The van der Waals surface area contributed by atoms with E-state index in [2.05, 4.69) is 12.1 Å². The number of nitro groups is 1. The molecule has 0 amide bonds. The third-order valence-corrected chi connectivity index (χ3v) is 8.82. The number of anilines is 1. The van der Waals surface area contributed by atoms with E-state index >= 15 is 0 Å². The number of carbonyl (C=O) groups is 1. The second-order valence-corrected chi connectivity index (χ2v) is 11.6. The SMILES string of the molecule is Cc1cc(CSc2ccc(Cl)cc2)c(C)c(C2C(C#N)=C(N)N(c3ccc(F)cc3[N+](=O)[O-])C3=C2C(=O)CCC3)c1. The number of benzene rings is 3. The van der Waals surface area contributed by atoms with Gasteiger partial charge in [-0.15, -0.1) is 11.8 Å². The quantitative estimate of drug-likeness (QED) is 0.179. The lowest BCUT2D eigenvalue weighted by atomic mass is 9.73. The molecule has 2 aliphatic rings. The van der Waals surface area contributed by atoms with Crippen molar-refractivity contribution in [2.45, 2.75) is 49.7 Å². The molecule has 3 aromatic rings. The number of carbonyl (C=O) groups excluding carboxylic acids is 1. The number of Topliss-reactive ketones (excluding diaryl/α,β-unsaturated/α-hetero) is 1. The van der Waals surface area contributed by atoms with Crippen LogP contribution in [0.3, 0.4) is 0 Å². The van der Waals surface area contributed by atoms with Gasteiger partial charge in [0.2, 0.25) is 0 Å². The van der Waals surface area contributed by atoms with Crippen LogP contribution in [0.5, 0.6) is 0 Å². The number of nitro benzene ring substituents is 1. The average molecular weight is 589 g/mol. The molecule has 7 nitrogen and oxygen atoms in total. The van der Waals surface area contributed by atoms with Crippen molar-refractivity contribution in [2.24, 2.45) is 5.73 Å². The van der Waals surface area contributed by atoms with Gasteiger partial charge in [-0.1, -0.05) is 29.3 Å². The van der Waals surface area contributed by atoms with Crippen molar-refractivity contribution in [3.05, 3.63) is 120 Å². The lowest BCUT2D eigenvalue weighted by Gasteiger charge is -2.39. The van der Waals surface area contributed by atoms with Gasteiger partial charge in [-0.25, -0.2) is 4.39 Å². The fourth-order valence-electron chi connectivity index (χ4n) is 5.61. The first-order valence-corrected chi connectivity index (χ1v) is 14.4. The summed E-state index contributed by atoms with van der Waals surface area (Å²) in [6, 6.07) is 17.1. The van der Waals surface area contributed by atoms with E-state index in [0.29, 0.717) is 34.9 Å². The van der Waals surface area contributed by atoms with Crippen molar-refractivity contribution in [3.8, 4) is 6.07 Å². The number of nitriles is 1. The van der Waals surface area contributed by atoms with Crippen molar-refractivity contribution >= 4 is 40.5 Å². The molecule has 0 bridgehead atoms. The van der Waals surface area contributed by atoms with Gasteiger partial charge in [-0.2, -0.15) is 5.26 Å². The monoisotopic (exact) mass is 588 g/mol. The van der Waals surface area contributed by atoms with E-state index in [-0.39, 0.29) is 29.3 Å². The number of hydrogen-bond acceptors (Lipinski definition) is 7. The van der Waals surface area contributed by atoms with E-state index in [1.165, 1.54) is 11.0 Å². The van der Waals surface area contributed by atoms with E-state index in [4.69, 9.17) is 17.3 Å². The summed E-state index contributed by atoms with van der Waals surface area (Å²) in [4.78, 5) is 27.2. The summed E-state index contributed by atoms with van der Waals surface area (Å²) in [6.07, 6.45) is 1.24. The zero-order valence-corrected chi connectivity index (χ0v) is 24.0. The van der Waals surface area contributed by atoms with Crippen LogP contribution in [0.2, 0.25) is 5.02 Å². The molecule has 41 heavy (non-hydrogen) atoms. The van der Waals surface area contributed by atoms with Crippen LogP contribution in [0.25, 0.3) is 0 Å². The summed E-state index contributed by atoms with van der Waals surface area (Å²) >= 11 is 7.69. The lowest BCUT2D eigenvalue weighted by molar-refractivity contribution is -0.384. The van der Waals surface area contributed by atoms with Crippen molar-refractivity contribution in [3.63, 3.8) is 0 Å². The van der Waals surface area contributed by atoms with Gasteiger partial charge in [-0.05, 0) is 79.8 Å². The number of hydrogen-bond donors (Lipinski definition) is 1. The van der Waals surface area contributed by atoms with Gasteiger partial charge in [0.1, 0.15) is 17.3 Å². The van der Waals surface area contributed by atoms with Gasteiger partial charge in [0.05, 0.1) is 28.5 Å². The molecular formula is C31H26ClFN4O3S. The molecule has 208 valence electrons. The molecule has 1 aliphatic heterocycles. The van der Waals surface area contributed by atoms with Crippen LogP contribution >= 0.6 is 23.4 Å². The highest BCUT2D eigenvalue weighted by Gasteiger charge is 2.42. The third-order valence-electron chi connectivity index (χ3n) is 7.51. The number of thioether (sulfide) groups is 1. The van der Waals surface area contributed by atoms with E-state index in [1.807, 2.05) is 44.2 Å². The minimum absolute atomic E-state index is 0.00125. The maximum atomic E-state index is 14.0. The van der Waals surface area contributed by atoms with E-state index in [9.17, 15) is 24.6 Å². The van der Waals surface area contributed by atoms with Crippen LogP contribution in [0.15, 0.2) is 82.2 Å². The predicted molar refractivity (Wildman–Crippen MR) is 158 cm³/mol. The Bertz CT molecular complexity index is 1690. The Hall–Kier alpha value is -4.13. The maximum Gasteiger partial charge on any atom is 0.296 e. The molecule has 10 heteroatoms. The summed E-state index contributed by atoms with van der Waals surface area (Å²) in [7, 11) is 0. The fourth-order valence-corrected chi connectivity index (χ4v) is 6.69. The van der Waals surface area contributed by atoms with Crippen LogP contribution < -0.4 is 10.6 Å². The van der Waals surface area contributed by atoms with Gasteiger partial charge in [0, 0.05) is 33.4 Å². The van der Waals surface area contributed by atoms with Gasteiger partial charge < -0.3 is 5.73 Å². The number of aryl methyl sites for hydroxylation is 1. The smallest absolute Gasteiger partial charge is 0.296 e. The number of allylic oxidation sites excluding steroid dienone is 3. The zero-order chi connectivity index (χ0) is 29.4. The Morgan fingerprint density at radius 1 is 1.17 bits per heavy atom. The van der Waals surface area contributed by atoms with Crippen molar-refractivity contribution < 1.29 is 14.1 Å². The van der Waals surface area contributed by atoms with E-state index in [1.54, 1.807) is 11.8 Å². The minimum Gasteiger partial charge on any atom is -0.384 e. The first-order valence-electron chi connectivity index (χ1n) is 13.0. The summed E-state index contributed by atoms with van der Waals surface area (Å²) in [6.45, 7) is 3.94. The Balaban J connectivity index is 1.66. The Morgan fingerprint density at radius 3 is 2.59 bits per heavy atom. The number of rotatable bonds is 6. The molecular weight excluding hydrogens is 563 g/mol. The molecule has 1 atom stereocenters. The molecule has 0 saturated carbocycles. The molecule has 0 radical (unpaired) electrons. The summed E-state index contributed by atoms with van der Waals surface area (Å²) in [5.41, 5.74) is 11.0. The third kappa shape index (κ3) is 5.33. The van der Waals surface area contributed by atoms with Gasteiger partial charge in [0.15, 0.2) is 5.78 Å². The standard InChI is InChI=1S/C31H26ClFN4O3S/c1-17-12-19(16-41-22-9-6-20(32)7-10-22)18(2)23(13-17)29-24(15-34)31(35)36(26-4-3-5-28(38)30(26)29)25-11-8-21(33)14-27(25)37(39)40/h6-14,29H,3-5,16,35H2,1-2H3. The second-order valence-electron chi connectivity index (χ2n) is 10.1. The first-order chi connectivity index (χ1) is 19.6. The van der Waals surface area contributed by atoms with Crippen LogP contribution in [0, 0.1) is 41.1 Å². The Kier molecular flexibility index (Phi) is 7.89. The Morgan fingerprint density at radius 2 is 1.90 bits per heavy atom. The van der Waals surface area contributed by atoms with Crippen LogP contribution in [-0.2, 0) is 10.5 Å². The normalized spacial score (nSPS) is 17.0. The highest BCUT2D eigenvalue weighted by Crippen LogP contribution is 2.49. The molecule has 0 spiro atoms. The van der Waals surface area contributed by atoms with Gasteiger partial charge >= 0.3 is 0 Å². The number of nitrogens with two attached hydrogens (primary N) is 1. The molecule has 3 aromatic carbocycles. The maximum absolute atomic E-state index is 14.0. The highest BCUT2D eigenvalue weighted by molar-refractivity contribution is 7.98. The minimum atomic E-state index is -0.772. The molecule has 0 fully saturated rings. The average Bonchev–Trinajstić information content (AvgIpc) is 2.94. The number of halogens is 2. The van der Waals surface area contributed by atoms with Crippen LogP contribution in [-0.4, -0.2) is 10.7 Å². The molecule has 0 aromatic heterocycles. The van der Waals surface area contributed by atoms with Crippen molar-refractivity contribution in [1.82, 2.24) is 0 Å². The first kappa shape index (κ1) is 28.4. The zero-order valence-electron chi connectivity index (χ0n) is 22.4. The van der Waals surface area contributed by atoms with E-state index in [0.717, 1.165) is 39.3 Å². The van der Waals surface area contributed by atoms with Gasteiger partial charge in [0.25, 0.3) is 5.69 Å². The van der Waals surface area contributed by atoms with Crippen LogP contribution in [0.1, 0.15) is 47.4 Å². The lowest BCUT2D eigenvalue weighted by Crippen LogP contribution is -2.39. The second kappa shape index (κ2) is 11.4. The van der Waals surface area contributed by atoms with E-state index < -0.39 is 22.3 Å². The fraction of sp³-hybridized carbons (Fsp3) is 0.226. The molecule has 5 rings (SSSR count). The molecule has 1 aliphatic carbocycles. The highest BCUT2D eigenvalue weighted by atomic mass is 35.5. The number of ketones is 1. The Labute approximate surface area is 246 Å². The molecule has 1 heterocycles. The van der Waals surface area contributed by atoms with Crippen molar-refractivity contribution in [2.75, 3.05) is 4.90 Å². The molecule has 1 unspecified atom stereocenters.